The van der Waals surface area contributed by atoms with E-state index in [-0.39, 0.29) is 42.1 Å². The molecule has 1 amide bonds. The fourth-order valence-corrected chi connectivity index (χ4v) is 0.201. The summed E-state index contributed by atoms with van der Waals surface area (Å²) in [6.45, 7) is 1.86. The van der Waals surface area contributed by atoms with E-state index in [4.69, 9.17) is 5.73 Å². The third kappa shape index (κ3) is 4.97. The largest absolute Gasteiger partial charge is 1.00 e. The monoisotopic (exact) mass is 143 g/mol. The summed E-state index contributed by atoms with van der Waals surface area (Å²) in [5, 5.41) is -0.264. The van der Waals surface area contributed by atoms with E-state index in [0.29, 0.717) is 6.42 Å². The van der Waals surface area contributed by atoms with E-state index in [1.165, 1.54) is 0 Å². The Labute approximate surface area is 78.4 Å². The van der Waals surface area contributed by atoms with Crippen molar-refractivity contribution in [3.05, 3.63) is 0 Å². The minimum Gasteiger partial charge on any atom is -1.00 e. The van der Waals surface area contributed by atoms with E-state index in [0.717, 1.165) is 0 Å². The van der Waals surface area contributed by atoms with Crippen molar-refractivity contribution in [2.24, 2.45) is 5.73 Å². The quantitative estimate of drug-likeness (QED) is 0.320. The van der Waals surface area contributed by atoms with Crippen LogP contribution in [0, 0.1) is 0 Å². The maximum Gasteiger partial charge on any atom is 1.00 e. The Kier molecular flexibility index (Phi) is 8.62. The van der Waals surface area contributed by atoms with Crippen molar-refractivity contribution in [1.29, 1.82) is 0 Å². The van der Waals surface area contributed by atoms with Crippen LogP contribution in [0.25, 0.3) is 0 Å². The Morgan fingerprint density at radius 3 is 2.38 bits per heavy atom. The van der Waals surface area contributed by atoms with Gasteiger partial charge in [0.1, 0.15) is 0 Å². The van der Waals surface area contributed by atoms with E-state index < -0.39 is 0 Å². The molecule has 44 valence electrons. The van der Waals surface area contributed by atoms with Crippen molar-refractivity contribution in [2.45, 2.75) is 18.6 Å². The van der Waals surface area contributed by atoms with Crippen molar-refractivity contribution in [1.82, 2.24) is 0 Å². The molecule has 0 aromatic heterocycles. The molecule has 0 aromatic carbocycles. The molecule has 1 unspecified atom stereocenters. The number of hydrogen-bond donors (Lipinski definition) is 2. The molecule has 0 radical (unpaired) electrons. The molecule has 0 bridgehead atoms. The van der Waals surface area contributed by atoms with Gasteiger partial charge in [-0.3, -0.25) is 4.79 Å². The molecule has 0 saturated carbocycles. The summed E-state index contributed by atoms with van der Waals surface area (Å²) < 4.78 is 0. The molecule has 0 saturated heterocycles. The van der Waals surface area contributed by atoms with Gasteiger partial charge in [0, 0.05) is 0 Å². The van der Waals surface area contributed by atoms with Gasteiger partial charge in [0.2, 0.25) is 5.91 Å². The van der Waals surface area contributed by atoms with Gasteiger partial charge < -0.3 is 7.16 Å². The van der Waals surface area contributed by atoms with Gasteiger partial charge in [-0.2, -0.15) is 12.6 Å². The average Bonchev–Trinajstić information content (AvgIpc) is 1.65. The minimum atomic E-state index is -0.342. The summed E-state index contributed by atoms with van der Waals surface area (Å²) in [5.74, 6) is -0.342. The van der Waals surface area contributed by atoms with Gasteiger partial charge in [0.15, 0.2) is 0 Å². The summed E-state index contributed by atoms with van der Waals surface area (Å²) in [4.78, 5) is 10.1. The number of nitrogens with two attached hydrogens (primary N) is 1. The van der Waals surface area contributed by atoms with Crippen LogP contribution in [0.1, 0.15) is 14.8 Å². The fraction of sp³-hybridized carbons (Fsp3) is 0.750. The Bertz CT molecular complexity index is 83.0. The Morgan fingerprint density at radius 2 is 2.38 bits per heavy atom. The van der Waals surface area contributed by atoms with Crippen LogP contribution >= 0.6 is 12.6 Å². The Morgan fingerprint density at radius 1 is 2.00 bits per heavy atom. The number of amides is 1. The van der Waals surface area contributed by atoms with Crippen LogP contribution in [-0.4, -0.2) is 11.2 Å². The van der Waals surface area contributed by atoms with E-state index >= 15 is 0 Å². The topological polar surface area (TPSA) is 43.1 Å². The molecule has 0 aliphatic rings. The van der Waals surface area contributed by atoms with E-state index in [2.05, 4.69) is 12.6 Å². The summed E-state index contributed by atoms with van der Waals surface area (Å²) in [6.07, 6.45) is 0.707. The van der Waals surface area contributed by atoms with Crippen molar-refractivity contribution in [2.75, 3.05) is 0 Å². The van der Waals surface area contributed by atoms with Crippen LogP contribution in [0.3, 0.4) is 0 Å². The first-order chi connectivity index (χ1) is 3.18. The van der Waals surface area contributed by atoms with Gasteiger partial charge >= 0.3 is 29.6 Å². The third-order valence-electron chi connectivity index (χ3n) is 0.715. The first-order valence-electron chi connectivity index (χ1n) is 2.16. The smallest absolute Gasteiger partial charge is 1.00 e. The fourth-order valence-electron chi connectivity index (χ4n) is 0.201. The molecule has 4 heteroatoms. The van der Waals surface area contributed by atoms with E-state index in [1.54, 1.807) is 0 Å². The Hall–Kier alpha value is 0.820. The second kappa shape index (κ2) is 5.95. The second-order valence-corrected chi connectivity index (χ2v) is 1.95. The molecule has 0 rings (SSSR count). The zero-order valence-electron chi connectivity index (χ0n) is 6.22. The van der Waals surface area contributed by atoms with Gasteiger partial charge in [-0.25, -0.2) is 0 Å². The molecule has 2 nitrogen and oxygen atoms in total. The van der Waals surface area contributed by atoms with Crippen molar-refractivity contribution in [3.8, 4) is 0 Å². The molecule has 0 heterocycles. The predicted molar refractivity (Wildman–Crippen MR) is 33.4 cm³/mol. The van der Waals surface area contributed by atoms with Crippen molar-refractivity contribution in [3.63, 3.8) is 0 Å². The summed E-state index contributed by atoms with van der Waals surface area (Å²) in [6, 6.07) is 0. The molecule has 0 aliphatic carbocycles. The standard InChI is InChI=1S/C4H9NOS.Na.H/c1-2-3(7)4(5)6;;/h3,7H,2H2,1H3,(H2,5,6);;/q;+1;-1. The van der Waals surface area contributed by atoms with Gasteiger partial charge in [-0.1, -0.05) is 6.92 Å². The molecule has 0 aromatic rings. The molecular formula is C4H10NNaOS. The third-order valence-corrected chi connectivity index (χ3v) is 1.33. The first kappa shape index (κ1) is 11.6. The molecule has 0 fully saturated rings. The number of carbonyl (C=O) groups excluding carboxylic acids is 1. The molecule has 2 N–H and O–H groups in total. The normalized spacial score (nSPS) is 11.8. The molecule has 1 atom stereocenters. The van der Waals surface area contributed by atoms with Crippen LogP contribution < -0.4 is 35.3 Å². The summed E-state index contributed by atoms with van der Waals surface area (Å²) in [5.41, 5.74) is 4.83. The van der Waals surface area contributed by atoms with Gasteiger partial charge in [-0.15, -0.1) is 0 Å². The van der Waals surface area contributed by atoms with Crippen LogP contribution in [0.15, 0.2) is 0 Å². The van der Waals surface area contributed by atoms with E-state index in [1.807, 2.05) is 6.92 Å². The average molecular weight is 143 g/mol. The minimum absolute atomic E-state index is 0. The number of hydrogen-bond acceptors (Lipinski definition) is 2. The van der Waals surface area contributed by atoms with Crippen molar-refractivity contribution >= 4 is 18.5 Å². The molecular weight excluding hydrogens is 133 g/mol. The molecule has 0 aliphatic heterocycles. The molecule has 8 heavy (non-hydrogen) atoms. The molecule has 0 spiro atoms. The van der Waals surface area contributed by atoms with Crippen LogP contribution in [0.5, 0.6) is 0 Å². The predicted octanol–water partition coefficient (Wildman–Crippen LogP) is -2.70. The zero-order chi connectivity index (χ0) is 5.86. The number of thiol groups is 1. The van der Waals surface area contributed by atoms with Crippen LogP contribution in [0.4, 0.5) is 0 Å². The van der Waals surface area contributed by atoms with Crippen molar-refractivity contribution < 1.29 is 35.8 Å². The maximum absolute atomic E-state index is 10.1. The van der Waals surface area contributed by atoms with Crippen LogP contribution in [0.2, 0.25) is 0 Å². The SMILES string of the molecule is CCC(S)C(N)=O.[H-].[Na+]. The van der Waals surface area contributed by atoms with Gasteiger partial charge in [0.25, 0.3) is 0 Å². The summed E-state index contributed by atoms with van der Waals surface area (Å²) in [7, 11) is 0. The first-order valence-corrected chi connectivity index (χ1v) is 2.67. The second-order valence-electron chi connectivity index (χ2n) is 1.33. The summed E-state index contributed by atoms with van der Waals surface area (Å²) >= 11 is 3.85. The number of rotatable bonds is 2. The van der Waals surface area contributed by atoms with Gasteiger partial charge in [-0.05, 0) is 6.42 Å². The van der Waals surface area contributed by atoms with Gasteiger partial charge in [0.05, 0.1) is 5.25 Å². The van der Waals surface area contributed by atoms with E-state index in [9.17, 15) is 4.79 Å². The number of carbonyl (C=O) groups is 1. The maximum atomic E-state index is 10.1. The zero-order valence-corrected chi connectivity index (χ0v) is 8.11. The number of primary amides is 1. The Balaban J connectivity index is -0.000000180. The van der Waals surface area contributed by atoms with Crippen LogP contribution in [-0.2, 0) is 4.79 Å².